The summed E-state index contributed by atoms with van der Waals surface area (Å²) >= 11 is 5.93. The van der Waals surface area contributed by atoms with Gasteiger partial charge in [-0.05, 0) is 43.2 Å². The average Bonchev–Trinajstić information content (AvgIpc) is 3.19. The highest BCUT2D eigenvalue weighted by molar-refractivity contribution is 7.89. The summed E-state index contributed by atoms with van der Waals surface area (Å²) in [7, 11) is -1.59. The van der Waals surface area contributed by atoms with E-state index in [1.807, 2.05) is 29.9 Å². The molecule has 1 aliphatic carbocycles. The maximum absolute atomic E-state index is 12.9. The molecular formula is C15H17ClN2O2S. The van der Waals surface area contributed by atoms with E-state index >= 15 is 0 Å². The third-order valence-electron chi connectivity index (χ3n) is 3.73. The van der Waals surface area contributed by atoms with Crippen molar-refractivity contribution in [1.29, 1.82) is 0 Å². The largest absolute Gasteiger partial charge is 0.353 e. The predicted molar refractivity (Wildman–Crippen MR) is 82.6 cm³/mol. The number of hydrogen-bond donors (Lipinski definition) is 0. The van der Waals surface area contributed by atoms with Gasteiger partial charge in [0.05, 0.1) is 11.4 Å². The zero-order valence-corrected chi connectivity index (χ0v) is 13.3. The number of rotatable bonds is 5. The van der Waals surface area contributed by atoms with Crippen molar-refractivity contribution in [2.45, 2.75) is 30.3 Å². The Bertz CT molecular complexity index is 751. The van der Waals surface area contributed by atoms with E-state index in [2.05, 4.69) is 0 Å². The molecule has 1 aliphatic rings. The molecule has 6 heteroatoms. The Morgan fingerprint density at radius 3 is 2.62 bits per heavy atom. The Labute approximate surface area is 130 Å². The van der Waals surface area contributed by atoms with Gasteiger partial charge in [0.15, 0.2) is 0 Å². The number of nitrogens with zero attached hydrogens (tertiary/aromatic N) is 2. The first-order valence-electron chi connectivity index (χ1n) is 6.86. The molecule has 1 saturated carbocycles. The first-order valence-corrected chi connectivity index (χ1v) is 8.68. The van der Waals surface area contributed by atoms with Crippen LogP contribution in [0.1, 0.15) is 18.5 Å². The molecule has 4 nitrogen and oxygen atoms in total. The fraction of sp³-hybridized carbons (Fsp3) is 0.333. The summed E-state index contributed by atoms with van der Waals surface area (Å²) in [5.41, 5.74) is 0.979. The van der Waals surface area contributed by atoms with Crippen LogP contribution in [0.2, 0.25) is 5.02 Å². The molecule has 0 radical (unpaired) electrons. The van der Waals surface area contributed by atoms with Gasteiger partial charge >= 0.3 is 0 Å². The van der Waals surface area contributed by atoms with E-state index in [-0.39, 0.29) is 10.9 Å². The van der Waals surface area contributed by atoms with Crippen molar-refractivity contribution in [3.63, 3.8) is 0 Å². The normalized spacial score (nSPS) is 15.6. The molecule has 112 valence electrons. The summed E-state index contributed by atoms with van der Waals surface area (Å²) in [5, 5.41) is 0.436. The van der Waals surface area contributed by atoms with Gasteiger partial charge in [-0.3, -0.25) is 0 Å². The smallest absolute Gasteiger partial charge is 0.243 e. The summed E-state index contributed by atoms with van der Waals surface area (Å²) in [5.74, 6) is 0. The Morgan fingerprint density at radius 2 is 2.05 bits per heavy atom. The van der Waals surface area contributed by atoms with Crippen molar-refractivity contribution in [3.05, 3.63) is 53.3 Å². The molecule has 0 unspecified atom stereocenters. The lowest BCUT2D eigenvalue weighted by molar-refractivity contribution is 0.390. The molecule has 1 fully saturated rings. The average molecular weight is 325 g/mol. The van der Waals surface area contributed by atoms with Crippen LogP contribution in [-0.2, 0) is 23.6 Å². The molecule has 0 bridgehead atoms. The van der Waals surface area contributed by atoms with Gasteiger partial charge in [-0.2, -0.15) is 4.31 Å². The second kappa shape index (κ2) is 5.48. The number of aryl methyl sites for hydroxylation is 1. The van der Waals surface area contributed by atoms with E-state index in [0.29, 0.717) is 11.6 Å². The van der Waals surface area contributed by atoms with E-state index in [1.54, 1.807) is 22.5 Å². The quantitative estimate of drug-likeness (QED) is 0.848. The molecule has 1 aromatic heterocycles. The number of sulfonamides is 1. The van der Waals surface area contributed by atoms with Gasteiger partial charge in [-0.15, -0.1) is 0 Å². The molecule has 3 rings (SSSR count). The first-order chi connectivity index (χ1) is 9.98. The maximum Gasteiger partial charge on any atom is 0.243 e. The highest BCUT2D eigenvalue weighted by Gasteiger charge is 2.38. The van der Waals surface area contributed by atoms with Crippen LogP contribution < -0.4 is 0 Å². The SMILES string of the molecule is Cn1cccc1CN(C1CC1)S(=O)(=O)c1cccc(Cl)c1. The second-order valence-electron chi connectivity index (χ2n) is 5.35. The fourth-order valence-corrected chi connectivity index (χ4v) is 4.31. The van der Waals surface area contributed by atoms with Crippen molar-refractivity contribution >= 4 is 21.6 Å². The lowest BCUT2D eigenvalue weighted by atomic mass is 10.4. The van der Waals surface area contributed by atoms with E-state index in [1.165, 1.54) is 6.07 Å². The monoisotopic (exact) mass is 324 g/mol. The topological polar surface area (TPSA) is 42.3 Å². The van der Waals surface area contributed by atoms with Crippen LogP contribution in [0, 0.1) is 0 Å². The van der Waals surface area contributed by atoms with Gasteiger partial charge in [0, 0.05) is 30.0 Å². The van der Waals surface area contributed by atoms with Crippen LogP contribution in [0.4, 0.5) is 0 Å². The minimum Gasteiger partial charge on any atom is -0.353 e. The van der Waals surface area contributed by atoms with Crippen LogP contribution in [0.15, 0.2) is 47.5 Å². The van der Waals surface area contributed by atoms with Crippen LogP contribution in [0.3, 0.4) is 0 Å². The van der Waals surface area contributed by atoms with Crippen LogP contribution >= 0.6 is 11.6 Å². The van der Waals surface area contributed by atoms with Crippen LogP contribution in [0.25, 0.3) is 0 Å². The van der Waals surface area contributed by atoms with Gasteiger partial charge in [0.2, 0.25) is 10.0 Å². The van der Waals surface area contributed by atoms with E-state index in [0.717, 1.165) is 18.5 Å². The third-order valence-corrected chi connectivity index (χ3v) is 5.86. The molecule has 0 saturated heterocycles. The summed E-state index contributed by atoms with van der Waals surface area (Å²) in [6.07, 6.45) is 3.76. The molecule has 0 aliphatic heterocycles. The van der Waals surface area contributed by atoms with Gasteiger partial charge in [-0.1, -0.05) is 17.7 Å². The Balaban J connectivity index is 1.95. The molecule has 1 heterocycles. The van der Waals surface area contributed by atoms with Gasteiger partial charge in [0.1, 0.15) is 0 Å². The summed E-state index contributed by atoms with van der Waals surface area (Å²) in [6, 6.07) is 10.4. The minimum absolute atomic E-state index is 0.101. The van der Waals surface area contributed by atoms with Crippen molar-refractivity contribution in [2.24, 2.45) is 7.05 Å². The summed E-state index contributed by atoms with van der Waals surface area (Å²) in [4.78, 5) is 0.260. The highest BCUT2D eigenvalue weighted by Crippen LogP contribution is 2.34. The predicted octanol–water partition coefficient (Wildman–Crippen LogP) is 3.03. The highest BCUT2D eigenvalue weighted by atomic mass is 35.5. The van der Waals surface area contributed by atoms with E-state index < -0.39 is 10.0 Å². The fourth-order valence-electron chi connectivity index (χ4n) is 2.36. The third kappa shape index (κ3) is 3.00. The number of aromatic nitrogens is 1. The van der Waals surface area contributed by atoms with Crippen molar-refractivity contribution in [2.75, 3.05) is 0 Å². The maximum atomic E-state index is 12.9. The lowest BCUT2D eigenvalue weighted by Gasteiger charge is -2.22. The van der Waals surface area contributed by atoms with Crippen LogP contribution in [0.5, 0.6) is 0 Å². The second-order valence-corrected chi connectivity index (χ2v) is 7.68. The van der Waals surface area contributed by atoms with Gasteiger partial charge in [0.25, 0.3) is 0 Å². The van der Waals surface area contributed by atoms with Crippen molar-refractivity contribution in [3.8, 4) is 0 Å². The molecule has 0 N–H and O–H groups in total. The lowest BCUT2D eigenvalue weighted by Crippen LogP contribution is -2.33. The van der Waals surface area contributed by atoms with Gasteiger partial charge < -0.3 is 4.57 Å². The molecule has 0 spiro atoms. The first kappa shape index (κ1) is 14.6. The van der Waals surface area contributed by atoms with Crippen molar-refractivity contribution in [1.82, 2.24) is 8.87 Å². The number of hydrogen-bond acceptors (Lipinski definition) is 2. The molecule has 0 atom stereocenters. The summed E-state index contributed by atoms with van der Waals surface area (Å²) in [6.45, 7) is 0.392. The standard InChI is InChI=1S/C15H17ClN2O2S/c1-17-9-3-5-14(17)11-18(13-7-8-13)21(19,20)15-6-2-4-12(16)10-15/h2-6,9-10,13H,7-8,11H2,1H3. The Morgan fingerprint density at radius 1 is 1.29 bits per heavy atom. The Kier molecular flexibility index (Phi) is 3.82. The molecular weight excluding hydrogens is 308 g/mol. The molecule has 21 heavy (non-hydrogen) atoms. The zero-order chi connectivity index (χ0) is 15.0. The van der Waals surface area contributed by atoms with Crippen molar-refractivity contribution < 1.29 is 8.42 Å². The Hall–Kier alpha value is -1.30. The van der Waals surface area contributed by atoms with E-state index in [4.69, 9.17) is 11.6 Å². The van der Waals surface area contributed by atoms with E-state index in [9.17, 15) is 8.42 Å². The number of halogens is 1. The number of benzene rings is 1. The van der Waals surface area contributed by atoms with Gasteiger partial charge in [-0.25, -0.2) is 8.42 Å². The minimum atomic E-state index is -3.52. The summed E-state index contributed by atoms with van der Waals surface area (Å²) < 4.78 is 29.3. The zero-order valence-electron chi connectivity index (χ0n) is 11.7. The molecule has 0 amide bonds. The molecule has 1 aromatic carbocycles. The molecule has 2 aromatic rings. The van der Waals surface area contributed by atoms with Crippen LogP contribution in [-0.4, -0.2) is 23.3 Å².